The molecule has 4 N–H and O–H groups in total. The highest BCUT2D eigenvalue weighted by Gasteiger charge is 2.38. The van der Waals surface area contributed by atoms with Gasteiger partial charge >= 0.3 is 12.1 Å². The molecule has 42 heavy (non-hydrogen) atoms. The number of carboxylic acid groups (broad SMARTS) is 1. The van der Waals surface area contributed by atoms with Crippen LogP contribution in [0.25, 0.3) is 0 Å². The quantitative estimate of drug-likeness (QED) is 0.314. The van der Waals surface area contributed by atoms with E-state index in [-0.39, 0.29) is 10.8 Å². The first-order chi connectivity index (χ1) is 19.7. The molecule has 3 aromatic rings. The molecule has 0 unspecified atom stereocenters. The van der Waals surface area contributed by atoms with Crippen molar-refractivity contribution in [3.63, 3.8) is 0 Å². The lowest BCUT2D eigenvalue weighted by Gasteiger charge is -2.31. The van der Waals surface area contributed by atoms with E-state index in [2.05, 4.69) is 20.3 Å². The van der Waals surface area contributed by atoms with Crippen LogP contribution in [0.4, 0.5) is 24.5 Å². The summed E-state index contributed by atoms with van der Waals surface area (Å²) in [5, 5.41) is 13.4. The van der Waals surface area contributed by atoms with Crippen molar-refractivity contribution in [1.82, 2.24) is 10.6 Å². The molecule has 0 aliphatic carbocycles. The molecular weight excluding hydrogens is 573 g/mol. The van der Waals surface area contributed by atoms with Crippen LogP contribution in [0, 0.1) is 20.8 Å². The predicted octanol–water partition coefficient (Wildman–Crippen LogP) is 4.39. The van der Waals surface area contributed by atoms with Gasteiger partial charge in [-0.3, -0.25) is 9.52 Å². The molecule has 1 aliphatic rings. The van der Waals surface area contributed by atoms with Crippen LogP contribution in [0.15, 0.2) is 65.6 Å². The van der Waals surface area contributed by atoms with Crippen LogP contribution in [-0.4, -0.2) is 57.8 Å². The third kappa shape index (κ3) is 8.95. The SMILES string of the molecule is Cc1cccc(CNC(=O)c2ccc(N3CCNCC3)c(NS(=O)(=O)c3cc(C)ccc3C)c2)c1.O=C(O)C(F)(F)F. The molecule has 0 radical (unpaired) electrons. The minimum Gasteiger partial charge on any atom is -0.475 e. The summed E-state index contributed by atoms with van der Waals surface area (Å²) in [5.41, 5.74) is 5.22. The van der Waals surface area contributed by atoms with Crippen molar-refractivity contribution in [3.8, 4) is 0 Å². The number of alkyl halides is 3. The average Bonchev–Trinajstić information content (AvgIpc) is 2.93. The van der Waals surface area contributed by atoms with Crippen molar-refractivity contribution in [3.05, 3.63) is 88.5 Å². The van der Waals surface area contributed by atoms with Crippen molar-refractivity contribution in [2.45, 2.75) is 38.4 Å². The zero-order valence-corrected chi connectivity index (χ0v) is 24.2. The van der Waals surface area contributed by atoms with Gasteiger partial charge in [0.1, 0.15) is 0 Å². The van der Waals surface area contributed by atoms with Crippen LogP contribution >= 0.6 is 0 Å². The van der Waals surface area contributed by atoms with Crippen molar-refractivity contribution < 1.29 is 36.3 Å². The maximum Gasteiger partial charge on any atom is 0.490 e. The van der Waals surface area contributed by atoms with E-state index in [0.717, 1.165) is 48.6 Å². The molecule has 0 spiro atoms. The number of benzene rings is 3. The molecule has 0 bridgehead atoms. The molecule has 13 heteroatoms. The zero-order chi connectivity index (χ0) is 31.1. The van der Waals surface area contributed by atoms with Gasteiger partial charge in [-0.1, -0.05) is 42.0 Å². The van der Waals surface area contributed by atoms with E-state index in [1.54, 1.807) is 31.2 Å². The monoisotopic (exact) mass is 606 g/mol. The molecule has 1 heterocycles. The van der Waals surface area contributed by atoms with E-state index in [9.17, 15) is 26.4 Å². The number of carbonyl (C=O) groups excluding carboxylic acids is 1. The molecular formula is C29H33F3N4O5S. The summed E-state index contributed by atoms with van der Waals surface area (Å²) in [6.07, 6.45) is -5.08. The fraction of sp³-hybridized carbons (Fsp3) is 0.310. The summed E-state index contributed by atoms with van der Waals surface area (Å²) in [6.45, 7) is 9.15. The van der Waals surface area contributed by atoms with Crippen LogP contribution in [0.5, 0.6) is 0 Å². The second kappa shape index (κ2) is 13.7. The lowest BCUT2D eigenvalue weighted by Crippen LogP contribution is -2.43. The first kappa shape index (κ1) is 32.4. The smallest absolute Gasteiger partial charge is 0.475 e. The summed E-state index contributed by atoms with van der Waals surface area (Å²) < 4.78 is 61.3. The number of nitrogens with one attached hydrogen (secondary N) is 3. The highest BCUT2D eigenvalue weighted by atomic mass is 32.2. The lowest BCUT2D eigenvalue weighted by molar-refractivity contribution is -0.192. The van der Waals surface area contributed by atoms with Gasteiger partial charge in [-0.25, -0.2) is 13.2 Å². The summed E-state index contributed by atoms with van der Waals surface area (Å²) in [7, 11) is -3.85. The third-order valence-corrected chi connectivity index (χ3v) is 7.88. The summed E-state index contributed by atoms with van der Waals surface area (Å²) in [5.74, 6) is -3.02. The Kier molecular flexibility index (Phi) is 10.6. The number of nitrogens with zero attached hydrogens (tertiary/aromatic N) is 1. The third-order valence-electron chi connectivity index (χ3n) is 6.37. The van der Waals surface area contributed by atoms with Gasteiger partial charge in [-0.05, 0) is 61.7 Å². The summed E-state index contributed by atoms with van der Waals surface area (Å²) >= 11 is 0. The second-order valence-corrected chi connectivity index (χ2v) is 11.5. The molecule has 0 atom stereocenters. The fourth-order valence-electron chi connectivity index (χ4n) is 4.24. The van der Waals surface area contributed by atoms with E-state index in [0.29, 0.717) is 23.4 Å². The Balaban J connectivity index is 0.000000616. The van der Waals surface area contributed by atoms with Crippen LogP contribution in [0.1, 0.15) is 32.6 Å². The van der Waals surface area contributed by atoms with Crippen molar-refractivity contribution in [2.24, 2.45) is 0 Å². The lowest BCUT2D eigenvalue weighted by atomic mass is 10.1. The number of carboxylic acids is 1. The minimum absolute atomic E-state index is 0.234. The number of piperazine rings is 1. The molecule has 3 aromatic carbocycles. The first-order valence-electron chi connectivity index (χ1n) is 13.0. The number of hydrogen-bond acceptors (Lipinski definition) is 6. The maximum absolute atomic E-state index is 13.4. The van der Waals surface area contributed by atoms with Crippen LogP contribution in [-0.2, 0) is 21.4 Å². The van der Waals surface area contributed by atoms with Crippen LogP contribution in [0.3, 0.4) is 0 Å². The fourth-order valence-corrected chi connectivity index (χ4v) is 5.64. The number of rotatable bonds is 7. The summed E-state index contributed by atoms with van der Waals surface area (Å²) in [6, 6.07) is 18.5. The summed E-state index contributed by atoms with van der Waals surface area (Å²) in [4.78, 5) is 24.2. The van der Waals surface area contributed by atoms with Crippen molar-refractivity contribution in [2.75, 3.05) is 35.8 Å². The number of carbonyl (C=O) groups is 2. The Morgan fingerprint density at radius 2 is 1.60 bits per heavy atom. The van der Waals surface area contributed by atoms with E-state index >= 15 is 0 Å². The number of anilines is 2. The Bertz CT molecular complexity index is 1540. The molecule has 0 aromatic heterocycles. The molecule has 226 valence electrons. The highest BCUT2D eigenvalue weighted by Crippen LogP contribution is 2.31. The van der Waals surface area contributed by atoms with Crippen LogP contribution in [0.2, 0.25) is 0 Å². The molecule has 4 rings (SSSR count). The van der Waals surface area contributed by atoms with Gasteiger partial charge in [0.15, 0.2) is 0 Å². The van der Waals surface area contributed by atoms with Gasteiger partial charge in [-0.15, -0.1) is 0 Å². The largest absolute Gasteiger partial charge is 0.490 e. The van der Waals surface area contributed by atoms with E-state index in [1.165, 1.54) is 0 Å². The van der Waals surface area contributed by atoms with Gasteiger partial charge < -0.3 is 20.6 Å². The van der Waals surface area contributed by atoms with Gasteiger partial charge in [0.05, 0.1) is 16.3 Å². The maximum atomic E-state index is 13.4. The highest BCUT2D eigenvalue weighted by molar-refractivity contribution is 7.92. The first-order valence-corrected chi connectivity index (χ1v) is 14.5. The number of amides is 1. The van der Waals surface area contributed by atoms with Gasteiger partial charge in [0.2, 0.25) is 0 Å². The van der Waals surface area contributed by atoms with Gasteiger partial charge in [-0.2, -0.15) is 13.2 Å². The topological polar surface area (TPSA) is 128 Å². The molecule has 1 aliphatic heterocycles. The molecule has 9 nitrogen and oxygen atoms in total. The number of halogens is 3. The van der Waals surface area contributed by atoms with E-state index < -0.39 is 22.2 Å². The van der Waals surface area contributed by atoms with Crippen LogP contribution < -0.4 is 20.3 Å². The number of aryl methyl sites for hydroxylation is 3. The van der Waals surface area contributed by atoms with Crippen molar-refractivity contribution >= 4 is 33.3 Å². The Hall–Kier alpha value is -4.10. The van der Waals surface area contributed by atoms with Gasteiger partial charge in [0.25, 0.3) is 15.9 Å². The molecule has 1 fully saturated rings. The normalized spacial score (nSPS) is 13.5. The molecule has 1 amide bonds. The molecule has 1 saturated heterocycles. The average molecular weight is 607 g/mol. The number of aliphatic carboxylic acids is 1. The molecule has 0 saturated carbocycles. The van der Waals surface area contributed by atoms with E-state index in [4.69, 9.17) is 9.90 Å². The predicted molar refractivity (Wildman–Crippen MR) is 154 cm³/mol. The van der Waals surface area contributed by atoms with Crippen molar-refractivity contribution in [1.29, 1.82) is 0 Å². The minimum atomic E-state index is -5.08. The second-order valence-electron chi connectivity index (χ2n) is 9.82. The Morgan fingerprint density at radius 1 is 0.952 bits per heavy atom. The van der Waals surface area contributed by atoms with Gasteiger partial charge in [0, 0.05) is 38.3 Å². The number of hydrogen-bond donors (Lipinski definition) is 4. The Labute approximate surface area is 242 Å². The zero-order valence-electron chi connectivity index (χ0n) is 23.4. The van der Waals surface area contributed by atoms with E-state index in [1.807, 2.05) is 50.2 Å². The standard InChI is InChI=1S/C27H32N4O3S.C2HF3O2/c1-19-5-4-6-22(15-19)18-29-27(32)23-9-10-25(31-13-11-28-12-14-31)24(17-23)30-35(33,34)26-16-20(2)7-8-21(26)3;3-2(4,5)1(6)7/h4-10,15-17,28,30H,11-14,18H2,1-3H3,(H,29,32);(H,6,7). The Morgan fingerprint density at radius 3 is 2.21 bits per heavy atom. The number of sulfonamides is 1.